The number of hydrogen-bond acceptors (Lipinski definition) is 5. The summed E-state index contributed by atoms with van der Waals surface area (Å²) in [6.07, 6.45) is 4.65. The van der Waals surface area contributed by atoms with Crippen LogP contribution in [0.4, 0.5) is 4.39 Å². The lowest BCUT2D eigenvalue weighted by Crippen LogP contribution is -2.30. The third-order valence-corrected chi connectivity index (χ3v) is 5.40. The maximum Gasteiger partial charge on any atom is 0.226 e. The number of amides is 1. The molecule has 6 N–H and O–H groups in total. The number of fused-ring (bicyclic) bond motifs is 1. The van der Waals surface area contributed by atoms with Crippen LogP contribution in [0.5, 0.6) is 17.2 Å². The van der Waals surface area contributed by atoms with E-state index >= 15 is 0 Å². The molecule has 2 aromatic rings. The number of nitrogens with one attached hydrogen (secondary N) is 1. The average molecular weight is 453 g/mol. The average Bonchev–Trinajstić information content (AvgIpc) is 3.03. The van der Waals surface area contributed by atoms with E-state index in [1.165, 1.54) is 38.6 Å². The fraction of sp³-hybridized carbons (Fsp3) is 0.200. The van der Waals surface area contributed by atoms with Gasteiger partial charge in [0.2, 0.25) is 11.7 Å². The summed E-state index contributed by atoms with van der Waals surface area (Å²) in [6, 6.07) is 7.93. The third-order valence-electron chi connectivity index (χ3n) is 5.40. The Morgan fingerprint density at radius 1 is 1.18 bits per heavy atom. The van der Waals surface area contributed by atoms with Gasteiger partial charge in [-0.15, -0.1) is 0 Å². The second-order valence-corrected chi connectivity index (χ2v) is 7.51. The highest BCUT2D eigenvalue weighted by Crippen LogP contribution is 2.44. The van der Waals surface area contributed by atoms with E-state index in [1.807, 2.05) is 13.0 Å². The van der Waals surface area contributed by atoms with Gasteiger partial charge in [-0.25, -0.2) is 4.39 Å². The van der Waals surface area contributed by atoms with Crippen LogP contribution >= 0.6 is 0 Å². The van der Waals surface area contributed by atoms with Crippen molar-refractivity contribution in [3.63, 3.8) is 0 Å². The van der Waals surface area contributed by atoms with Crippen LogP contribution in [-0.4, -0.2) is 38.0 Å². The molecular weight excluding hydrogens is 425 g/mol. The Bertz CT molecular complexity index is 1170. The zero-order valence-corrected chi connectivity index (χ0v) is 18.7. The number of carbonyl (C=O) groups excluding carboxylic acids is 1. The molecule has 1 aliphatic rings. The molecule has 0 saturated carbocycles. The molecular formula is C25H27FN3O4+. The highest BCUT2D eigenvalue weighted by Gasteiger charge is 2.25. The summed E-state index contributed by atoms with van der Waals surface area (Å²) in [5, 5.41) is 18.3. The number of halogens is 1. The fourth-order valence-corrected chi connectivity index (χ4v) is 3.76. The van der Waals surface area contributed by atoms with Gasteiger partial charge in [0, 0.05) is 18.3 Å². The maximum absolute atomic E-state index is 14.1. The molecule has 1 amide bonds. The van der Waals surface area contributed by atoms with Gasteiger partial charge in [0.25, 0.3) is 0 Å². The molecule has 0 heterocycles. The molecule has 0 fully saturated rings. The number of allylic oxidation sites excluding steroid dienone is 3. The Morgan fingerprint density at radius 2 is 1.85 bits per heavy atom. The van der Waals surface area contributed by atoms with Gasteiger partial charge in [-0.2, -0.15) is 0 Å². The minimum atomic E-state index is -0.370. The first-order chi connectivity index (χ1) is 15.8. The van der Waals surface area contributed by atoms with Crippen LogP contribution in [0, 0.1) is 5.82 Å². The molecule has 2 aromatic carbocycles. The summed E-state index contributed by atoms with van der Waals surface area (Å²) < 4.78 is 24.6. The van der Waals surface area contributed by atoms with Crippen LogP contribution in [-0.2, 0) is 4.79 Å². The number of ether oxygens (including phenoxy) is 2. The number of phenols is 1. The van der Waals surface area contributed by atoms with Crippen LogP contribution in [0.15, 0.2) is 47.7 Å². The molecule has 0 aromatic heterocycles. The zero-order chi connectivity index (χ0) is 24.1. The topological polar surface area (TPSA) is 119 Å². The largest absolute Gasteiger partial charge is 0.502 e. The van der Waals surface area contributed by atoms with E-state index < -0.39 is 0 Å². The van der Waals surface area contributed by atoms with E-state index in [4.69, 9.17) is 20.6 Å². The van der Waals surface area contributed by atoms with Gasteiger partial charge in [0.15, 0.2) is 17.7 Å². The van der Waals surface area contributed by atoms with E-state index in [2.05, 4.69) is 5.32 Å². The van der Waals surface area contributed by atoms with Crippen molar-refractivity contribution >= 4 is 29.3 Å². The van der Waals surface area contributed by atoms with E-state index in [-0.39, 0.29) is 41.9 Å². The summed E-state index contributed by atoms with van der Waals surface area (Å²) in [5.41, 5.74) is 10.9. The summed E-state index contributed by atoms with van der Waals surface area (Å²) in [4.78, 5) is 12.3. The quantitative estimate of drug-likeness (QED) is 0.457. The Labute approximate surface area is 191 Å². The van der Waals surface area contributed by atoms with Gasteiger partial charge in [-0.1, -0.05) is 6.07 Å². The molecule has 0 unspecified atom stereocenters. The standard InChI is InChI=1S/C25H26FN3O4/c1-14-19(8-15-9-22(32-2)25(31)23(10-15)33-3)18-5-4-16(26)11-20(18)21(14)13-29-24(30)12-17(28)6-7-27/h4-11,27,31H,12-13,28H2,1-3H3,(H,29,30)/p+1/b17-6-,19-8-,27-7?. The van der Waals surface area contributed by atoms with Crippen molar-refractivity contribution in [1.82, 2.24) is 5.32 Å². The molecule has 33 heavy (non-hydrogen) atoms. The second kappa shape index (κ2) is 10.0. The van der Waals surface area contributed by atoms with Gasteiger partial charge < -0.3 is 25.6 Å². The van der Waals surface area contributed by atoms with Crippen LogP contribution < -0.4 is 25.9 Å². The molecule has 0 atom stereocenters. The van der Waals surface area contributed by atoms with E-state index in [9.17, 15) is 14.3 Å². The van der Waals surface area contributed by atoms with Gasteiger partial charge in [-0.3, -0.25) is 10.2 Å². The number of nitrogens with two attached hydrogens (primary N) is 2. The molecule has 0 radical (unpaired) electrons. The monoisotopic (exact) mass is 452 g/mol. The number of hydrogen-bond donors (Lipinski definition) is 4. The van der Waals surface area contributed by atoms with E-state index in [1.54, 1.807) is 18.2 Å². The molecule has 0 spiro atoms. The Hall–Kier alpha value is -4.07. The third kappa shape index (κ3) is 5.06. The highest BCUT2D eigenvalue weighted by molar-refractivity contribution is 6.06. The van der Waals surface area contributed by atoms with Crippen LogP contribution in [0.2, 0.25) is 0 Å². The first kappa shape index (κ1) is 23.6. The fourth-order valence-electron chi connectivity index (χ4n) is 3.76. The molecule has 0 aliphatic heterocycles. The van der Waals surface area contributed by atoms with Crippen LogP contribution in [0.3, 0.4) is 0 Å². The molecule has 0 saturated heterocycles. The number of benzene rings is 2. The van der Waals surface area contributed by atoms with Crippen molar-refractivity contribution in [2.45, 2.75) is 13.3 Å². The van der Waals surface area contributed by atoms with E-state index in [0.717, 1.165) is 27.8 Å². The van der Waals surface area contributed by atoms with Crippen molar-refractivity contribution in [3.8, 4) is 17.2 Å². The molecule has 1 aliphatic carbocycles. The summed E-state index contributed by atoms with van der Waals surface area (Å²) in [7, 11) is 2.91. The van der Waals surface area contributed by atoms with Crippen LogP contribution in [0.1, 0.15) is 30.0 Å². The zero-order valence-electron chi connectivity index (χ0n) is 18.7. The predicted molar refractivity (Wildman–Crippen MR) is 126 cm³/mol. The highest BCUT2D eigenvalue weighted by atomic mass is 19.1. The molecule has 172 valence electrons. The number of phenolic OH excluding ortho intramolecular Hbond substituents is 1. The summed E-state index contributed by atoms with van der Waals surface area (Å²) in [5.74, 6) is -0.187. The van der Waals surface area contributed by atoms with Crippen molar-refractivity contribution in [2.24, 2.45) is 5.73 Å². The van der Waals surface area contributed by atoms with E-state index in [0.29, 0.717) is 11.3 Å². The normalized spacial score (nSPS) is 14.3. The number of rotatable bonds is 8. The number of methoxy groups -OCH3 is 2. The maximum atomic E-state index is 14.1. The smallest absolute Gasteiger partial charge is 0.226 e. The first-order valence-electron chi connectivity index (χ1n) is 10.2. The lowest BCUT2D eigenvalue weighted by atomic mass is 10.00. The SMILES string of the molecule is COc1cc(/C=C2/C(C)=C(CNC(=O)C/C(N)=C/C=[NH2+])c3cc(F)ccc32)cc(OC)c1O. The van der Waals surface area contributed by atoms with Gasteiger partial charge >= 0.3 is 0 Å². The number of carbonyl (C=O) groups is 1. The molecule has 7 nitrogen and oxygen atoms in total. The second-order valence-electron chi connectivity index (χ2n) is 7.51. The molecule has 0 bridgehead atoms. The Morgan fingerprint density at radius 3 is 2.45 bits per heavy atom. The lowest BCUT2D eigenvalue weighted by Gasteiger charge is -2.11. The summed E-state index contributed by atoms with van der Waals surface area (Å²) >= 11 is 0. The number of aromatic hydroxyl groups is 1. The Kier molecular flexibility index (Phi) is 7.17. The van der Waals surface area contributed by atoms with Crippen LogP contribution in [0.25, 0.3) is 17.2 Å². The van der Waals surface area contributed by atoms with Gasteiger partial charge in [-0.05, 0) is 70.7 Å². The predicted octanol–water partition coefficient (Wildman–Crippen LogP) is 2.06. The van der Waals surface area contributed by atoms with Crippen molar-refractivity contribution in [2.75, 3.05) is 20.8 Å². The van der Waals surface area contributed by atoms with Crippen molar-refractivity contribution in [1.29, 1.82) is 0 Å². The van der Waals surface area contributed by atoms with Gasteiger partial charge in [0.05, 0.1) is 20.6 Å². The molecule has 3 rings (SSSR count). The lowest BCUT2D eigenvalue weighted by molar-refractivity contribution is -0.120. The first-order valence-corrected chi connectivity index (χ1v) is 10.2. The minimum Gasteiger partial charge on any atom is -0.502 e. The Balaban J connectivity index is 2.00. The van der Waals surface area contributed by atoms with Crippen molar-refractivity contribution in [3.05, 3.63) is 70.2 Å². The summed E-state index contributed by atoms with van der Waals surface area (Å²) in [6.45, 7) is 2.12. The minimum absolute atomic E-state index is 0.00578. The molecule has 8 heteroatoms. The van der Waals surface area contributed by atoms with Crippen molar-refractivity contribution < 1.29 is 29.2 Å². The van der Waals surface area contributed by atoms with Gasteiger partial charge in [0.1, 0.15) is 5.82 Å².